The Morgan fingerprint density at radius 2 is 1.94 bits per heavy atom. The number of benzene rings is 1. The lowest BCUT2D eigenvalue weighted by Gasteiger charge is -2.48. The molecule has 1 fully saturated rings. The second kappa shape index (κ2) is 3.76. The van der Waals surface area contributed by atoms with Crippen molar-refractivity contribution < 1.29 is 4.74 Å². The summed E-state index contributed by atoms with van der Waals surface area (Å²) >= 11 is 0. The number of para-hydroxylation sites is 1. The third-order valence-corrected chi connectivity index (χ3v) is 4.70. The molecule has 1 nitrogen and oxygen atoms in total. The molecule has 2 aliphatic rings. The van der Waals surface area contributed by atoms with Crippen molar-refractivity contribution in [3.8, 4) is 5.75 Å². The fourth-order valence-electron chi connectivity index (χ4n) is 3.80. The summed E-state index contributed by atoms with van der Waals surface area (Å²) in [5, 5.41) is 0. The Morgan fingerprint density at radius 1 is 1.18 bits per heavy atom. The minimum Gasteiger partial charge on any atom is -0.487 e. The highest BCUT2D eigenvalue weighted by atomic mass is 16.5. The van der Waals surface area contributed by atoms with Crippen molar-refractivity contribution in [1.29, 1.82) is 0 Å². The van der Waals surface area contributed by atoms with E-state index in [1.807, 2.05) is 0 Å². The molecule has 3 rings (SSSR count). The van der Waals surface area contributed by atoms with Gasteiger partial charge in [0.2, 0.25) is 0 Å². The van der Waals surface area contributed by atoms with Crippen molar-refractivity contribution in [2.75, 3.05) is 0 Å². The van der Waals surface area contributed by atoms with Gasteiger partial charge in [-0.1, -0.05) is 31.5 Å². The Morgan fingerprint density at radius 3 is 2.76 bits per heavy atom. The van der Waals surface area contributed by atoms with Gasteiger partial charge in [0.15, 0.2) is 0 Å². The van der Waals surface area contributed by atoms with E-state index in [2.05, 4.69) is 45.0 Å². The molecule has 1 aromatic carbocycles. The van der Waals surface area contributed by atoms with Crippen LogP contribution in [-0.2, 0) is 0 Å². The second-order valence-corrected chi connectivity index (χ2v) is 6.37. The quantitative estimate of drug-likeness (QED) is 0.642. The van der Waals surface area contributed by atoms with Crippen molar-refractivity contribution in [3.63, 3.8) is 0 Å². The van der Waals surface area contributed by atoms with Crippen molar-refractivity contribution >= 4 is 0 Å². The van der Waals surface area contributed by atoms with E-state index in [1.54, 1.807) is 0 Å². The Balaban J connectivity index is 2.05. The number of fused-ring (bicyclic) bond motifs is 3. The van der Waals surface area contributed by atoms with Gasteiger partial charge in [-0.15, -0.1) is 0 Å². The molecule has 92 valence electrons. The average molecular weight is 230 g/mol. The van der Waals surface area contributed by atoms with Gasteiger partial charge >= 0.3 is 0 Å². The molecule has 1 saturated carbocycles. The largest absolute Gasteiger partial charge is 0.487 e. The number of hydrogen-bond donors (Lipinski definition) is 0. The Bertz CT molecular complexity index is 421. The van der Waals surface area contributed by atoms with Crippen LogP contribution in [-0.4, -0.2) is 5.60 Å². The van der Waals surface area contributed by atoms with Crippen LogP contribution in [0.4, 0.5) is 0 Å². The van der Waals surface area contributed by atoms with Crippen molar-refractivity contribution in [1.82, 2.24) is 0 Å². The zero-order valence-electron chi connectivity index (χ0n) is 11.1. The van der Waals surface area contributed by atoms with E-state index >= 15 is 0 Å². The zero-order chi connectivity index (χ0) is 12.0. The van der Waals surface area contributed by atoms with Crippen LogP contribution in [0.25, 0.3) is 0 Å². The molecule has 0 amide bonds. The molecular formula is C16H22O. The molecule has 0 N–H and O–H groups in total. The molecule has 1 aromatic rings. The highest BCUT2D eigenvalue weighted by Gasteiger charge is 2.45. The van der Waals surface area contributed by atoms with Crippen molar-refractivity contribution in [2.24, 2.45) is 11.8 Å². The third kappa shape index (κ3) is 1.76. The lowest BCUT2D eigenvalue weighted by Crippen LogP contribution is -2.46. The number of ether oxygens (including phenoxy) is 1. The minimum absolute atomic E-state index is 0.000833. The maximum absolute atomic E-state index is 6.22. The smallest absolute Gasteiger partial charge is 0.123 e. The van der Waals surface area contributed by atoms with Gasteiger partial charge in [0.1, 0.15) is 11.4 Å². The monoisotopic (exact) mass is 230 g/mol. The van der Waals surface area contributed by atoms with Crippen LogP contribution in [0.5, 0.6) is 5.75 Å². The average Bonchev–Trinajstić information content (AvgIpc) is 2.28. The molecular weight excluding hydrogens is 208 g/mol. The van der Waals surface area contributed by atoms with Crippen LogP contribution in [0.2, 0.25) is 0 Å². The molecule has 0 saturated heterocycles. The molecule has 0 bridgehead atoms. The lowest BCUT2D eigenvalue weighted by molar-refractivity contribution is -0.0136. The Labute approximate surface area is 104 Å². The summed E-state index contributed by atoms with van der Waals surface area (Å²) in [7, 11) is 0. The van der Waals surface area contributed by atoms with Gasteiger partial charge in [-0.05, 0) is 50.2 Å². The van der Waals surface area contributed by atoms with Crippen molar-refractivity contribution in [3.05, 3.63) is 29.8 Å². The van der Waals surface area contributed by atoms with Gasteiger partial charge in [0.05, 0.1) is 0 Å². The topological polar surface area (TPSA) is 9.23 Å². The predicted molar refractivity (Wildman–Crippen MR) is 70.4 cm³/mol. The third-order valence-electron chi connectivity index (χ3n) is 4.70. The van der Waals surface area contributed by atoms with Gasteiger partial charge in [-0.3, -0.25) is 0 Å². The van der Waals surface area contributed by atoms with Gasteiger partial charge in [0, 0.05) is 5.92 Å². The fraction of sp³-hybridized carbons (Fsp3) is 0.625. The van der Waals surface area contributed by atoms with Gasteiger partial charge in [-0.2, -0.15) is 0 Å². The maximum Gasteiger partial charge on any atom is 0.123 e. The van der Waals surface area contributed by atoms with Crippen LogP contribution in [0.1, 0.15) is 51.5 Å². The van der Waals surface area contributed by atoms with E-state index in [0.717, 1.165) is 11.7 Å². The summed E-state index contributed by atoms with van der Waals surface area (Å²) in [4.78, 5) is 0. The fourth-order valence-corrected chi connectivity index (χ4v) is 3.80. The standard InChI is InChI=1S/C16H22O/c1-11-8-9-14-13(10-11)12-6-4-5-7-15(12)17-16(14,2)3/h4-7,11,13-14H,8-10H2,1-3H3. The molecule has 0 aromatic heterocycles. The van der Waals surface area contributed by atoms with E-state index in [0.29, 0.717) is 11.8 Å². The molecule has 0 spiro atoms. The first-order valence-electron chi connectivity index (χ1n) is 6.86. The summed E-state index contributed by atoms with van der Waals surface area (Å²) in [6.45, 7) is 6.91. The van der Waals surface area contributed by atoms with E-state index in [9.17, 15) is 0 Å². The molecule has 3 atom stereocenters. The van der Waals surface area contributed by atoms with Crippen LogP contribution in [0.15, 0.2) is 24.3 Å². The molecule has 1 aliphatic heterocycles. The van der Waals surface area contributed by atoms with Crippen LogP contribution >= 0.6 is 0 Å². The van der Waals surface area contributed by atoms with Crippen molar-refractivity contribution in [2.45, 2.75) is 51.6 Å². The summed E-state index contributed by atoms with van der Waals surface area (Å²) in [5.41, 5.74) is 1.45. The Kier molecular flexibility index (Phi) is 2.46. The Hall–Kier alpha value is -0.980. The van der Waals surface area contributed by atoms with E-state index in [4.69, 9.17) is 4.74 Å². The predicted octanol–water partition coefficient (Wildman–Crippen LogP) is 4.38. The van der Waals surface area contributed by atoms with Gasteiger partial charge < -0.3 is 4.74 Å². The van der Waals surface area contributed by atoms with Crippen LogP contribution in [0.3, 0.4) is 0 Å². The summed E-state index contributed by atoms with van der Waals surface area (Å²) in [6.07, 6.45) is 4.00. The van der Waals surface area contributed by atoms with E-state index < -0.39 is 0 Å². The summed E-state index contributed by atoms with van der Waals surface area (Å²) in [6, 6.07) is 8.63. The molecule has 1 heterocycles. The SMILES string of the molecule is CC1CCC2C(C1)c1ccccc1OC2(C)C. The molecule has 3 unspecified atom stereocenters. The molecule has 17 heavy (non-hydrogen) atoms. The van der Waals surface area contributed by atoms with E-state index in [-0.39, 0.29) is 5.60 Å². The van der Waals surface area contributed by atoms with Crippen LogP contribution < -0.4 is 4.74 Å². The number of hydrogen-bond acceptors (Lipinski definition) is 1. The highest BCUT2D eigenvalue weighted by molar-refractivity contribution is 5.40. The van der Waals surface area contributed by atoms with Gasteiger partial charge in [0.25, 0.3) is 0 Å². The van der Waals surface area contributed by atoms with E-state index in [1.165, 1.54) is 24.8 Å². The second-order valence-electron chi connectivity index (χ2n) is 6.37. The van der Waals surface area contributed by atoms with Crippen LogP contribution in [0, 0.1) is 11.8 Å². The van der Waals surface area contributed by atoms with Gasteiger partial charge in [-0.25, -0.2) is 0 Å². The first-order chi connectivity index (χ1) is 8.08. The summed E-state index contributed by atoms with van der Waals surface area (Å²) < 4.78 is 6.22. The molecule has 1 heteroatoms. The molecule has 1 aliphatic carbocycles. The highest BCUT2D eigenvalue weighted by Crippen LogP contribution is 2.52. The first kappa shape index (κ1) is 11.1. The lowest BCUT2D eigenvalue weighted by atomic mass is 9.64. The normalized spacial score (nSPS) is 34.4. The minimum atomic E-state index is -0.000833. The maximum atomic E-state index is 6.22. The first-order valence-corrected chi connectivity index (χ1v) is 6.86. The zero-order valence-corrected chi connectivity index (χ0v) is 11.1. The molecule has 0 radical (unpaired) electrons. The summed E-state index contributed by atoms with van der Waals surface area (Å²) in [5.74, 6) is 3.37. The number of rotatable bonds is 0.